The molecule has 0 aliphatic heterocycles. The Morgan fingerprint density at radius 2 is 2.42 bits per heavy atom. The summed E-state index contributed by atoms with van der Waals surface area (Å²) in [5, 5.41) is 10.4. The molecular formula is C11H16N6OS. The Morgan fingerprint density at radius 3 is 3.05 bits per heavy atom. The first-order valence-corrected chi connectivity index (χ1v) is 6.72. The number of rotatable bonds is 6. The summed E-state index contributed by atoms with van der Waals surface area (Å²) in [6.45, 7) is 1.35. The molecule has 7 nitrogen and oxygen atoms in total. The SMILES string of the molecule is CNc1nc(N)c(C(=O)NCCCn2cccn2)s1. The van der Waals surface area contributed by atoms with E-state index >= 15 is 0 Å². The van der Waals surface area contributed by atoms with Crippen LogP contribution in [-0.4, -0.2) is 34.3 Å². The molecule has 0 unspecified atom stereocenters. The number of hydrogen-bond donors (Lipinski definition) is 3. The van der Waals surface area contributed by atoms with Crippen LogP contribution < -0.4 is 16.4 Å². The van der Waals surface area contributed by atoms with Gasteiger partial charge in [-0.15, -0.1) is 0 Å². The molecule has 0 aromatic carbocycles. The molecule has 0 spiro atoms. The Hall–Kier alpha value is -2.09. The number of nitrogens with two attached hydrogens (primary N) is 1. The van der Waals surface area contributed by atoms with Crippen LogP contribution in [0.2, 0.25) is 0 Å². The van der Waals surface area contributed by atoms with Crippen molar-refractivity contribution in [2.24, 2.45) is 0 Å². The number of anilines is 2. The number of nitrogen functional groups attached to an aromatic ring is 1. The summed E-state index contributed by atoms with van der Waals surface area (Å²) in [5.74, 6) is 0.0795. The van der Waals surface area contributed by atoms with Crippen LogP contribution in [0.5, 0.6) is 0 Å². The van der Waals surface area contributed by atoms with Crippen LogP contribution in [-0.2, 0) is 6.54 Å². The molecule has 0 atom stereocenters. The van der Waals surface area contributed by atoms with Gasteiger partial charge in [0.05, 0.1) is 0 Å². The minimum atomic E-state index is -0.183. The van der Waals surface area contributed by atoms with E-state index in [2.05, 4.69) is 20.7 Å². The van der Waals surface area contributed by atoms with Crippen LogP contribution in [0.1, 0.15) is 16.1 Å². The van der Waals surface area contributed by atoms with Gasteiger partial charge in [0.25, 0.3) is 5.91 Å². The van der Waals surface area contributed by atoms with E-state index in [0.29, 0.717) is 16.6 Å². The van der Waals surface area contributed by atoms with Gasteiger partial charge in [-0.3, -0.25) is 9.48 Å². The Kier molecular flexibility index (Phi) is 4.35. The van der Waals surface area contributed by atoms with E-state index in [-0.39, 0.29) is 11.7 Å². The van der Waals surface area contributed by atoms with Gasteiger partial charge in [0.2, 0.25) is 0 Å². The third-order valence-corrected chi connectivity index (χ3v) is 3.57. The van der Waals surface area contributed by atoms with Crippen molar-refractivity contribution in [1.29, 1.82) is 0 Å². The summed E-state index contributed by atoms with van der Waals surface area (Å²) < 4.78 is 1.83. The van der Waals surface area contributed by atoms with Gasteiger partial charge in [0, 0.05) is 32.5 Å². The quantitative estimate of drug-likeness (QED) is 0.679. The third-order valence-electron chi connectivity index (χ3n) is 2.48. The summed E-state index contributed by atoms with van der Waals surface area (Å²) in [4.78, 5) is 16.4. The average Bonchev–Trinajstić information content (AvgIpc) is 3.03. The normalized spacial score (nSPS) is 10.4. The molecule has 1 amide bonds. The van der Waals surface area contributed by atoms with E-state index in [4.69, 9.17) is 5.73 Å². The van der Waals surface area contributed by atoms with Crippen LogP contribution in [0.4, 0.5) is 10.9 Å². The maximum Gasteiger partial charge on any atom is 0.265 e. The van der Waals surface area contributed by atoms with E-state index in [1.807, 2.05) is 16.9 Å². The van der Waals surface area contributed by atoms with Gasteiger partial charge >= 0.3 is 0 Å². The van der Waals surface area contributed by atoms with Crippen LogP contribution in [0.3, 0.4) is 0 Å². The highest BCUT2D eigenvalue weighted by Crippen LogP contribution is 2.23. The zero-order valence-corrected chi connectivity index (χ0v) is 11.4. The second-order valence-electron chi connectivity index (χ2n) is 3.86. The fraction of sp³-hybridized carbons (Fsp3) is 0.364. The van der Waals surface area contributed by atoms with Gasteiger partial charge in [0.1, 0.15) is 10.7 Å². The van der Waals surface area contributed by atoms with Gasteiger partial charge in [-0.1, -0.05) is 11.3 Å². The molecule has 0 aliphatic rings. The van der Waals surface area contributed by atoms with Crippen molar-refractivity contribution in [3.63, 3.8) is 0 Å². The van der Waals surface area contributed by atoms with E-state index in [0.717, 1.165) is 13.0 Å². The van der Waals surface area contributed by atoms with Crippen LogP contribution in [0, 0.1) is 0 Å². The minimum absolute atomic E-state index is 0.183. The number of nitrogens with zero attached hydrogens (tertiary/aromatic N) is 3. The fourth-order valence-electron chi connectivity index (χ4n) is 1.56. The molecule has 0 aliphatic carbocycles. The summed E-state index contributed by atoms with van der Waals surface area (Å²) in [6.07, 6.45) is 4.43. The summed E-state index contributed by atoms with van der Waals surface area (Å²) >= 11 is 1.25. The summed E-state index contributed by atoms with van der Waals surface area (Å²) in [7, 11) is 1.74. The largest absolute Gasteiger partial charge is 0.382 e. The minimum Gasteiger partial charge on any atom is -0.382 e. The predicted molar refractivity (Wildman–Crippen MR) is 75.3 cm³/mol. The first kappa shape index (κ1) is 13.3. The van der Waals surface area contributed by atoms with Crippen molar-refractivity contribution in [2.75, 3.05) is 24.6 Å². The lowest BCUT2D eigenvalue weighted by Gasteiger charge is -2.04. The Morgan fingerprint density at radius 1 is 1.58 bits per heavy atom. The molecule has 4 N–H and O–H groups in total. The standard InChI is InChI=1S/C11H16N6OS/c1-13-11-16-9(12)8(19-11)10(18)14-4-2-6-17-7-3-5-15-17/h3,5,7H,2,4,6,12H2,1H3,(H,13,16)(H,14,18). The van der Waals surface area contributed by atoms with Gasteiger partial charge in [-0.05, 0) is 12.5 Å². The van der Waals surface area contributed by atoms with E-state index in [1.165, 1.54) is 11.3 Å². The van der Waals surface area contributed by atoms with Crippen molar-refractivity contribution in [3.8, 4) is 0 Å². The molecule has 0 saturated carbocycles. The van der Waals surface area contributed by atoms with Crippen LogP contribution >= 0.6 is 11.3 Å². The molecule has 2 aromatic rings. The van der Waals surface area contributed by atoms with Gasteiger partial charge in [0.15, 0.2) is 5.13 Å². The maximum atomic E-state index is 11.9. The molecule has 8 heteroatoms. The third kappa shape index (κ3) is 3.44. The Balaban J connectivity index is 1.79. The van der Waals surface area contributed by atoms with Crippen molar-refractivity contribution >= 4 is 28.2 Å². The molecule has 2 heterocycles. The van der Waals surface area contributed by atoms with Crippen molar-refractivity contribution < 1.29 is 4.79 Å². The Bertz CT molecular complexity index is 535. The molecule has 0 radical (unpaired) electrons. The Labute approximate surface area is 114 Å². The molecule has 2 aromatic heterocycles. The second kappa shape index (κ2) is 6.19. The number of aryl methyl sites for hydroxylation is 1. The van der Waals surface area contributed by atoms with Crippen molar-refractivity contribution in [2.45, 2.75) is 13.0 Å². The lowest BCUT2D eigenvalue weighted by molar-refractivity contribution is 0.0957. The number of carbonyl (C=O) groups is 1. The number of amides is 1. The molecule has 2 rings (SSSR count). The summed E-state index contributed by atoms with van der Waals surface area (Å²) in [6, 6.07) is 1.87. The zero-order valence-electron chi connectivity index (χ0n) is 10.6. The van der Waals surface area contributed by atoms with Gasteiger partial charge in [-0.25, -0.2) is 4.98 Å². The summed E-state index contributed by atoms with van der Waals surface area (Å²) in [5.41, 5.74) is 5.68. The van der Waals surface area contributed by atoms with Gasteiger partial charge < -0.3 is 16.4 Å². The highest BCUT2D eigenvalue weighted by atomic mass is 32.1. The van der Waals surface area contributed by atoms with Crippen molar-refractivity contribution in [3.05, 3.63) is 23.3 Å². The second-order valence-corrected chi connectivity index (χ2v) is 4.86. The number of nitrogens with one attached hydrogen (secondary N) is 2. The van der Waals surface area contributed by atoms with E-state index in [1.54, 1.807) is 13.2 Å². The molecule has 19 heavy (non-hydrogen) atoms. The predicted octanol–water partition coefficient (Wildman–Crippen LogP) is 0.784. The first-order chi connectivity index (χ1) is 9.20. The van der Waals surface area contributed by atoms with E-state index in [9.17, 15) is 4.79 Å². The monoisotopic (exact) mass is 280 g/mol. The molecule has 102 valence electrons. The first-order valence-electron chi connectivity index (χ1n) is 5.90. The lowest BCUT2D eigenvalue weighted by Crippen LogP contribution is -2.25. The zero-order chi connectivity index (χ0) is 13.7. The van der Waals surface area contributed by atoms with Gasteiger partial charge in [-0.2, -0.15) is 5.10 Å². The highest BCUT2D eigenvalue weighted by molar-refractivity contribution is 7.18. The number of hydrogen-bond acceptors (Lipinski definition) is 6. The topological polar surface area (TPSA) is 97.9 Å². The molecular weight excluding hydrogens is 264 g/mol. The molecule has 0 bridgehead atoms. The molecule has 0 saturated heterocycles. The average molecular weight is 280 g/mol. The van der Waals surface area contributed by atoms with Crippen molar-refractivity contribution in [1.82, 2.24) is 20.1 Å². The number of thiazole rings is 1. The van der Waals surface area contributed by atoms with Crippen LogP contribution in [0.25, 0.3) is 0 Å². The van der Waals surface area contributed by atoms with Crippen LogP contribution in [0.15, 0.2) is 18.5 Å². The maximum absolute atomic E-state index is 11.9. The fourth-order valence-corrected chi connectivity index (χ4v) is 2.31. The lowest BCUT2D eigenvalue weighted by atomic mass is 10.4. The number of aromatic nitrogens is 3. The van der Waals surface area contributed by atoms with E-state index < -0.39 is 0 Å². The highest BCUT2D eigenvalue weighted by Gasteiger charge is 2.14. The smallest absolute Gasteiger partial charge is 0.265 e. The molecule has 0 fully saturated rings. The number of carbonyl (C=O) groups excluding carboxylic acids is 1.